The number of carbonyl (C=O) groups excluding carboxylic acids is 1. The lowest BCUT2D eigenvalue weighted by Crippen LogP contribution is -2.50. The Labute approximate surface area is 172 Å². The highest BCUT2D eigenvalue weighted by Crippen LogP contribution is 2.22. The number of hydrogen-bond acceptors (Lipinski definition) is 8. The van der Waals surface area contributed by atoms with Crippen LogP contribution in [0.4, 0.5) is 0 Å². The largest absolute Gasteiger partial charge is 0.340 e. The van der Waals surface area contributed by atoms with Gasteiger partial charge in [0.05, 0.1) is 0 Å². The van der Waals surface area contributed by atoms with Gasteiger partial charge in [-0.25, -0.2) is 8.42 Å². The third-order valence-corrected chi connectivity index (χ3v) is 7.91. The van der Waals surface area contributed by atoms with E-state index in [0.717, 1.165) is 5.56 Å². The van der Waals surface area contributed by atoms with Gasteiger partial charge < -0.3 is 9.42 Å². The minimum absolute atomic E-state index is 0.0539. The number of hydrogen-bond donors (Lipinski definition) is 0. The molecule has 0 N–H and O–H groups in total. The molecule has 0 atom stereocenters. The van der Waals surface area contributed by atoms with Gasteiger partial charge in [0.25, 0.3) is 10.0 Å². The Morgan fingerprint density at radius 3 is 2.59 bits per heavy atom. The van der Waals surface area contributed by atoms with Crippen LogP contribution in [0.25, 0.3) is 11.4 Å². The van der Waals surface area contributed by atoms with Gasteiger partial charge in [-0.05, 0) is 23.6 Å². The number of amides is 1. The van der Waals surface area contributed by atoms with Crippen molar-refractivity contribution in [1.82, 2.24) is 24.3 Å². The van der Waals surface area contributed by atoms with Crippen molar-refractivity contribution in [2.45, 2.75) is 17.1 Å². The number of sulfonamides is 1. The lowest BCUT2D eigenvalue weighted by Gasteiger charge is -2.33. The highest BCUT2D eigenvalue weighted by atomic mass is 32.2. The summed E-state index contributed by atoms with van der Waals surface area (Å²) in [6, 6.07) is 6.88. The summed E-state index contributed by atoms with van der Waals surface area (Å²) in [6.45, 7) is 1.32. The van der Waals surface area contributed by atoms with Crippen LogP contribution in [-0.2, 0) is 21.2 Å². The maximum absolute atomic E-state index is 12.6. The molecule has 152 valence electrons. The first-order valence-electron chi connectivity index (χ1n) is 9.08. The van der Waals surface area contributed by atoms with Crippen molar-refractivity contribution < 1.29 is 17.7 Å². The van der Waals surface area contributed by atoms with Gasteiger partial charge in [-0.1, -0.05) is 11.2 Å². The Balaban J connectivity index is 1.29. The molecule has 0 bridgehead atoms. The second-order valence-corrected chi connectivity index (χ2v) is 9.58. The molecule has 0 unspecified atom stereocenters. The lowest BCUT2D eigenvalue weighted by molar-refractivity contribution is -0.132. The minimum atomic E-state index is -3.47. The summed E-state index contributed by atoms with van der Waals surface area (Å²) in [4.78, 5) is 22.4. The molecule has 0 aliphatic carbocycles. The first-order valence-corrected chi connectivity index (χ1v) is 11.4. The Hall–Kier alpha value is -2.63. The summed E-state index contributed by atoms with van der Waals surface area (Å²) in [6.07, 6.45) is 3.86. The number of aryl methyl sites for hydroxylation is 1. The van der Waals surface area contributed by atoms with Crippen LogP contribution in [0.2, 0.25) is 0 Å². The number of carbonyl (C=O) groups is 1. The molecule has 0 radical (unpaired) electrons. The highest BCUT2D eigenvalue weighted by Gasteiger charge is 2.30. The van der Waals surface area contributed by atoms with Crippen LogP contribution in [0, 0.1) is 0 Å². The van der Waals surface area contributed by atoms with Gasteiger partial charge >= 0.3 is 0 Å². The number of rotatable bonds is 6. The Morgan fingerprint density at radius 2 is 1.90 bits per heavy atom. The number of nitrogens with zero attached hydrogens (tertiary/aromatic N) is 5. The van der Waals surface area contributed by atoms with E-state index >= 15 is 0 Å². The summed E-state index contributed by atoms with van der Waals surface area (Å²) in [7, 11) is -3.47. The van der Waals surface area contributed by atoms with Crippen LogP contribution >= 0.6 is 11.3 Å². The lowest BCUT2D eigenvalue weighted by atomic mass is 10.2. The van der Waals surface area contributed by atoms with Crippen LogP contribution in [0.3, 0.4) is 0 Å². The second-order valence-electron chi connectivity index (χ2n) is 6.46. The van der Waals surface area contributed by atoms with E-state index in [2.05, 4.69) is 15.1 Å². The van der Waals surface area contributed by atoms with Crippen molar-refractivity contribution >= 4 is 27.3 Å². The maximum atomic E-state index is 12.6. The standard InChI is InChI=1S/C18H19N5O4S2/c24-16(4-3-15-20-18(21-27-15)14-5-7-19-8-6-14)22-9-11-23(12-10-22)29(25,26)17-2-1-13-28-17/h1-2,5-8,13H,3-4,9-12H2. The molecule has 11 heteroatoms. The predicted molar refractivity (Wildman–Crippen MR) is 106 cm³/mol. The monoisotopic (exact) mass is 433 g/mol. The number of piperazine rings is 1. The molecular weight excluding hydrogens is 414 g/mol. The molecule has 1 amide bonds. The van der Waals surface area contributed by atoms with E-state index in [0.29, 0.717) is 48.5 Å². The topological polar surface area (TPSA) is 109 Å². The normalized spacial score (nSPS) is 15.5. The van der Waals surface area contributed by atoms with Gasteiger partial charge in [0, 0.05) is 57.0 Å². The van der Waals surface area contributed by atoms with Crippen LogP contribution < -0.4 is 0 Å². The molecule has 9 nitrogen and oxygen atoms in total. The van der Waals surface area contributed by atoms with E-state index in [-0.39, 0.29) is 12.3 Å². The van der Waals surface area contributed by atoms with E-state index in [9.17, 15) is 13.2 Å². The summed E-state index contributed by atoms with van der Waals surface area (Å²) in [5, 5.41) is 5.67. The molecule has 1 saturated heterocycles. The number of pyridine rings is 1. The molecule has 3 aromatic heterocycles. The van der Waals surface area contributed by atoms with Gasteiger partial charge in [0.2, 0.25) is 17.6 Å². The fourth-order valence-electron chi connectivity index (χ4n) is 3.06. The fourth-order valence-corrected chi connectivity index (χ4v) is 5.63. The quantitative estimate of drug-likeness (QED) is 0.581. The first-order chi connectivity index (χ1) is 14.0. The molecule has 0 saturated carbocycles. The second kappa shape index (κ2) is 8.39. The SMILES string of the molecule is O=C(CCc1nc(-c2ccncc2)no1)N1CCN(S(=O)(=O)c2cccs2)CC1. The van der Waals surface area contributed by atoms with Crippen molar-refractivity contribution in [2.75, 3.05) is 26.2 Å². The molecular formula is C18H19N5O4S2. The Bertz CT molecular complexity index is 1060. The van der Waals surface area contributed by atoms with Gasteiger partial charge in [-0.2, -0.15) is 9.29 Å². The molecule has 0 spiro atoms. The Kier molecular flexibility index (Phi) is 5.69. The summed E-state index contributed by atoms with van der Waals surface area (Å²) in [5.74, 6) is 0.799. The molecule has 4 heterocycles. The molecule has 4 rings (SSSR count). The number of thiophene rings is 1. The molecule has 0 aromatic carbocycles. The van der Waals surface area contributed by atoms with E-state index in [1.54, 1.807) is 46.9 Å². The molecule has 1 aliphatic rings. The van der Waals surface area contributed by atoms with Crippen LogP contribution in [0.5, 0.6) is 0 Å². The summed E-state index contributed by atoms with van der Waals surface area (Å²) >= 11 is 1.20. The van der Waals surface area contributed by atoms with Crippen LogP contribution in [0.1, 0.15) is 12.3 Å². The predicted octanol–water partition coefficient (Wildman–Crippen LogP) is 1.66. The first kappa shape index (κ1) is 19.7. The van der Waals surface area contributed by atoms with E-state index in [1.807, 2.05) is 0 Å². The summed E-state index contributed by atoms with van der Waals surface area (Å²) in [5.41, 5.74) is 0.796. The van der Waals surface area contributed by atoms with E-state index in [1.165, 1.54) is 15.6 Å². The Morgan fingerprint density at radius 1 is 1.14 bits per heavy atom. The van der Waals surface area contributed by atoms with Crippen molar-refractivity contribution in [2.24, 2.45) is 0 Å². The van der Waals surface area contributed by atoms with Crippen molar-refractivity contribution in [3.05, 3.63) is 47.9 Å². The van der Waals surface area contributed by atoms with E-state index < -0.39 is 10.0 Å². The van der Waals surface area contributed by atoms with Crippen LogP contribution in [-0.4, -0.2) is 64.8 Å². The average Bonchev–Trinajstić information content (AvgIpc) is 3.45. The minimum Gasteiger partial charge on any atom is -0.340 e. The molecule has 1 aliphatic heterocycles. The van der Waals surface area contributed by atoms with Gasteiger partial charge in [-0.3, -0.25) is 9.78 Å². The van der Waals surface area contributed by atoms with Gasteiger partial charge in [-0.15, -0.1) is 11.3 Å². The number of aromatic nitrogens is 3. The zero-order valence-electron chi connectivity index (χ0n) is 15.5. The summed E-state index contributed by atoms with van der Waals surface area (Å²) < 4.78 is 32.1. The van der Waals surface area contributed by atoms with Crippen LogP contribution in [0.15, 0.2) is 50.8 Å². The smallest absolute Gasteiger partial charge is 0.252 e. The average molecular weight is 434 g/mol. The zero-order chi connectivity index (χ0) is 20.3. The molecule has 29 heavy (non-hydrogen) atoms. The van der Waals surface area contributed by atoms with Crippen molar-refractivity contribution in [3.8, 4) is 11.4 Å². The van der Waals surface area contributed by atoms with Crippen molar-refractivity contribution in [3.63, 3.8) is 0 Å². The third kappa shape index (κ3) is 4.36. The van der Waals surface area contributed by atoms with Gasteiger partial charge in [0.15, 0.2) is 0 Å². The highest BCUT2D eigenvalue weighted by molar-refractivity contribution is 7.91. The maximum Gasteiger partial charge on any atom is 0.252 e. The zero-order valence-corrected chi connectivity index (χ0v) is 17.1. The van der Waals surface area contributed by atoms with Gasteiger partial charge in [0.1, 0.15) is 4.21 Å². The van der Waals surface area contributed by atoms with Crippen molar-refractivity contribution in [1.29, 1.82) is 0 Å². The van der Waals surface area contributed by atoms with E-state index in [4.69, 9.17) is 4.52 Å². The molecule has 3 aromatic rings. The fraction of sp³-hybridized carbons (Fsp3) is 0.333. The molecule has 1 fully saturated rings. The third-order valence-electron chi connectivity index (χ3n) is 4.64.